The number of aromatic nitrogens is 1. The SMILES string of the molecule is COc1ccc(-n2c(C)cc(/C=C3/C(=N)N4N=C(C)SC4=NC3=O)c2C)cc1Cl. The summed E-state index contributed by atoms with van der Waals surface area (Å²) in [5.41, 5.74) is 3.81. The monoisotopic (exact) mass is 427 g/mol. The van der Waals surface area contributed by atoms with E-state index in [-0.39, 0.29) is 11.4 Å². The van der Waals surface area contributed by atoms with Gasteiger partial charge in [-0.25, -0.2) is 0 Å². The molecule has 0 saturated heterocycles. The molecule has 7 nitrogen and oxygen atoms in total. The lowest BCUT2D eigenvalue weighted by Gasteiger charge is -2.20. The van der Waals surface area contributed by atoms with Gasteiger partial charge in [0.05, 0.1) is 22.7 Å². The Hall–Kier alpha value is -2.84. The number of amides is 1. The zero-order valence-electron chi connectivity index (χ0n) is 16.3. The number of nitrogens with one attached hydrogen (secondary N) is 1. The molecule has 4 rings (SSSR count). The van der Waals surface area contributed by atoms with Crippen LogP contribution in [0.4, 0.5) is 0 Å². The highest BCUT2D eigenvalue weighted by Gasteiger charge is 2.34. The molecule has 3 heterocycles. The maximum Gasteiger partial charge on any atom is 0.283 e. The van der Waals surface area contributed by atoms with Crippen LogP contribution in [0.5, 0.6) is 5.75 Å². The molecule has 1 aromatic carbocycles. The van der Waals surface area contributed by atoms with Gasteiger partial charge in [0, 0.05) is 17.1 Å². The maximum absolute atomic E-state index is 12.5. The summed E-state index contributed by atoms with van der Waals surface area (Å²) >= 11 is 7.58. The molecule has 0 radical (unpaired) electrons. The quantitative estimate of drug-likeness (QED) is 0.736. The number of ether oxygens (including phenoxy) is 1. The summed E-state index contributed by atoms with van der Waals surface area (Å²) in [6, 6.07) is 7.54. The third-order valence-corrected chi connectivity index (χ3v) is 5.84. The van der Waals surface area contributed by atoms with E-state index in [1.54, 1.807) is 13.2 Å². The van der Waals surface area contributed by atoms with Gasteiger partial charge in [-0.2, -0.15) is 15.1 Å². The van der Waals surface area contributed by atoms with Gasteiger partial charge in [0.25, 0.3) is 5.91 Å². The van der Waals surface area contributed by atoms with Gasteiger partial charge in [0.15, 0.2) is 5.84 Å². The number of hydrogen-bond donors (Lipinski definition) is 1. The van der Waals surface area contributed by atoms with Crippen LogP contribution < -0.4 is 4.74 Å². The van der Waals surface area contributed by atoms with Crippen LogP contribution in [0.15, 0.2) is 39.9 Å². The molecule has 2 aromatic rings. The molecule has 0 spiro atoms. The van der Waals surface area contributed by atoms with Crippen molar-refractivity contribution in [1.29, 1.82) is 5.41 Å². The van der Waals surface area contributed by atoms with E-state index in [0.717, 1.165) is 27.7 Å². The first-order valence-corrected chi connectivity index (χ1v) is 9.99. The number of amidine groups is 2. The Morgan fingerprint density at radius 1 is 1.24 bits per heavy atom. The van der Waals surface area contributed by atoms with Crippen LogP contribution in [-0.4, -0.2) is 38.6 Å². The van der Waals surface area contributed by atoms with Gasteiger partial charge >= 0.3 is 0 Å². The zero-order valence-corrected chi connectivity index (χ0v) is 17.9. The molecular formula is C20H18ClN5O2S. The summed E-state index contributed by atoms with van der Waals surface area (Å²) in [6.45, 7) is 5.75. The lowest BCUT2D eigenvalue weighted by molar-refractivity contribution is -0.114. The summed E-state index contributed by atoms with van der Waals surface area (Å²) < 4.78 is 7.27. The average Bonchev–Trinajstić information content (AvgIpc) is 3.17. The predicted octanol–water partition coefficient (Wildman–Crippen LogP) is 4.40. The molecule has 9 heteroatoms. The number of aryl methyl sites for hydroxylation is 1. The predicted molar refractivity (Wildman–Crippen MR) is 117 cm³/mol. The van der Waals surface area contributed by atoms with Crippen molar-refractivity contribution in [3.63, 3.8) is 0 Å². The molecule has 0 fully saturated rings. The van der Waals surface area contributed by atoms with Gasteiger partial charge in [0.2, 0.25) is 5.17 Å². The highest BCUT2D eigenvalue weighted by atomic mass is 35.5. The minimum Gasteiger partial charge on any atom is -0.495 e. The van der Waals surface area contributed by atoms with Gasteiger partial charge in [0.1, 0.15) is 5.75 Å². The second kappa shape index (κ2) is 7.20. The highest BCUT2D eigenvalue weighted by Crippen LogP contribution is 2.31. The van der Waals surface area contributed by atoms with E-state index < -0.39 is 5.91 Å². The van der Waals surface area contributed by atoms with Crippen LogP contribution in [0.2, 0.25) is 5.02 Å². The molecule has 0 saturated carbocycles. The Labute approximate surface area is 177 Å². The van der Waals surface area contributed by atoms with E-state index in [2.05, 4.69) is 10.1 Å². The number of aliphatic imine (C=N–C) groups is 1. The van der Waals surface area contributed by atoms with Crippen molar-refractivity contribution in [2.75, 3.05) is 7.11 Å². The summed E-state index contributed by atoms with van der Waals surface area (Å²) in [7, 11) is 1.58. The largest absolute Gasteiger partial charge is 0.495 e. The van der Waals surface area contributed by atoms with Crippen molar-refractivity contribution in [2.24, 2.45) is 10.1 Å². The normalized spacial score (nSPS) is 17.6. The number of carbonyl (C=O) groups excluding carboxylic acids is 1. The van der Waals surface area contributed by atoms with Crippen LogP contribution in [-0.2, 0) is 4.79 Å². The van der Waals surface area contributed by atoms with Crippen molar-refractivity contribution in [1.82, 2.24) is 9.58 Å². The fourth-order valence-corrected chi connectivity index (χ4v) is 4.35. The van der Waals surface area contributed by atoms with Gasteiger partial charge < -0.3 is 9.30 Å². The van der Waals surface area contributed by atoms with E-state index in [4.69, 9.17) is 21.7 Å². The van der Waals surface area contributed by atoms with Gasteiger partial charge in [-0.05, 0) is 68.4 Å². The van der Waals surface area contributed by atoms with E-state index in [9.17, 15) is 4.79 Å². The number of methoxy groups -OCH3 is 1. The summed E-state index contributed by atoms with van der Waals surface area (Å²) in [5, 5.41) is 15.8. The minimum atomic E-state index is -0.434. The van der Waals surface area contributed by atoms with Crippen LogP contribution in [0.25, 0.3) is 11.8 Å². The third kappa shape index (κ3) is 3.28. The van der Waals surface area contributed by atoms with E-state index in [0.29, 0.717) is 15.9 Å². The van der Waals surface area contributed by atoms with Crippen LogP contribution >= 0.6 is 23.4 Å². The Morgan fingerprint density at radius 3 is 2.69 bits per heavy atom. The van der Waals surface area contributed by atoms with Crippen molar-refractivity contribution in [3.8, 4) is 11.4 Å². The molecule has 0 atom stereocenters. The second-order valence-electron chi connectivity index (χ2n) is 6.62. The average molecular weight is 428 g/mol. The van der Waals surface area contributed by atoms with Gasteiger partial charge in [-0.1, -0.05) is 11.6 Å². The molecule has 1 amide bonds. The highest BCUT2D eigenvalue weighted by molar-refractivity contribution is 8.26. The molecule has 0 unspecified atom stereocenters. The number of halogens is 1. The first-order valence-electron chi connectivity index (χ1n) is 8.80. The number of carbonyl (C=O) groups is 1. The molecule has 1 N–H and O–H groups in total. The number of hydrogen-bond acceptors (Lipinski definition) is 5. The van der Waals surface area contributed by atoms with Crippen molar-refractivity contribution < 1.29 is 9.53 Å². The number of hydrazone groups is 1. The molecule has 2 aliphatic heterocycles. The van der Waals surface area contributed by atoms with E-state index in [1.807, 2.05) is 49.6 Å². The van der Waals surface area contributed by atoms with E-state index in [1.165, 1.54) is 16.8 Å². The molecule has 148 valence electrons. The topological polar surface area (TPSA) is 83.0 Å². The van der Waals surface area contributed by atoms with Crippen molar-refractivity contribution in [2.45, 2.75) is 20.8 Å². The first-order chi connectivity index (χ1) is 13.8. The smallest absolute Gasteiger partial charge is 0.283 e. The molecule has 29 heavy (non-hydrogen) atoms. The minimum absolute atomic E-state index is 0.0293. The molecule has 0 aliphatic carbocycles. The fraction of sp³-hybridized carbons (Fsp3) is 0.200. The number of rotatable bonds is 3. The van der Waals surface area contributed by atoms with E-state index >= 15 is 0 Å². The second-order valence-corrected chi connectivity index (χ2v) is 8.19. The molecule has 0 bridgehead atoms. The zero-order chi connectivity index (χ0) is 20.9. The number of nitrogens with zero attached hydrogens (tertiary/aromatic N) is 4. The fourth-order valence-electron chi connectivity index (χ4n) is 3.37. The van der Waals surface area contributed by atoms with Crippen LogP contribution in [0.3, 0.4) is 0 Å². The van der Waals surface area contributed by atoms with Crippen molar-refractivity contribution >= 4 is 51.4 Å². The first kappa shape index (κ1) is 19.5. The molecule has 2 aliphatic rings. The number of fused-ring (bicyclic) bond motifs is 1. The Kier molecular flexibility index (Phi) is 4.84. The maximum atomic E-state index is 12.5. The summed E-state index contributed by atoms with van der Waals surface area (Å²) in [4.78, 5) is 16.6. The van der Waals surface area contributed by atoms with Crippen LogP contribution in [0, 0.1) is 19.3 Å². The number of benzene rings is 1. The lowest BCUT2D eigenvalue weighted by atomic mass is 10.1. The van der Waals surface area contributed by atoms with Gasteiger partial charge in [-0.15, -0.1) is 0 Å². The Balaban J connectivity index is 1.76. The van der Waals surface area contributed by atoms with Crippen LogP contribution in [0.1, 0.15) is 23.9 Å². The third-order valence-electron chi connectivity index (χ3n) is 4.72. The van der Waals surface area contributed by atoms with Crippen molar-refractivity contribution in [3.05, 3.63) is 51.8 Å². The molecular weight excluding hydrogens is 410 g/mol. The van der Waals surface area contributed by atoms with Gasteiger partial charge in [-0.3, -0.25) is 10.2 Å². The lowest BCUT2D eigenvalue weighted by Crippen LogP contribution is -2.35. The standard InChI is InChI=1S/C20H18ClN5O2S/c1-10-7-13(11(2)25(10)14-5-6-17(28-4)16(21)9-14)8-15-18(22)26-20(23-19(15)27)29-12(3)24-26/h5-9,22H,1-4H3/b15-8-,22-18?. The Morgan fingerprint density at radius 2 is 2.00 bits per heavy atom. The molecule has 1 aromatic heterocycles. The summed E-state index contributed by atoms with van der Waals surface area (Å²) in [5.74, 6) is 0.201. The Bertz CT molecular complexity index is 1160. The summed E-state index contributed by atoms with van der Waals surface area (Å²) in [6.07, 6.45) is 1.70. The number of thioether (sulfide) groups is 1.